The highest BCUT2D eigenvalue weighted by molar-refractivity contribution is 6.28. The Kier molecular flexibility index (Phi) is 12.7. The van der Waals surface area contributed by atoms with Crippen molar-refractivity contribution in [2.75, 3.05) is 31.1 Å². The predicted molar refractivity (Wildman–Crippen MR) is 202 cm³/mol. The van der Waals surface area contributed by atoms with Gasteiger partial charge in [0.15, 0.2) is 0 Å². The molecule has 5 amide bonds. The normalized spacial score (nSPS) is 13.8. The third kappa shape index (κ3) is 9.77. The van der Waals surface area contributed by atoms with E-state index in [1.807, 2.05) is 55.7 Å². The molecule has 288 valence electrons. The van der Waals surface area contributed by atoms with Crippen LogP contribution in [0.4, 0.5) is 14.5 Å². The number of benzene rings is 3. The van der Waals surface area contributed by atoms with Gasteiger partial charge in [-0.3, -0.25) is 24.0 Å². The molecular formula is C41H44F2N6O6. The van der Waals surface area contributed by atoms with Gasteiger partial charge in [-0.25, -0.2) is 13.7 Å². The summed E-state index contributed by atoms with van der Waals surface area (Å²) in [5.41, 5.74) is 8.06. The molecule has 2 atom stereocenters. The van der Waals surface area contributed by atoms with E-state index in [4.69, 9.17) is 5.73 Å². The Morgan fingerprint density at radius 2 is 1.58 bits per heavy atom. The maximum Gasteiger partial charge on any atom is 0.258 e. The molecule has 1 aliphatic rings. The summed E-state index contributed by atoms with van der Waals surface area (Å²) in [6.45, 7) is 5.32. The quantitative estimate of drug-likeness (QED) is 0.105. The molecular weight excluding hydrogens is 710 g/mol. The number of nitrogens with one attached hydrogen (secondary N) is 2. The lowest BCUT2D eigenvalue weighted by atomic mass is 9.82. The molecule has 3 aromatic carbocycles. The summed E-state index contributed by atoms with van der Waals surface area (Å²) in [6, 6.07) is 18.7. The number of rotatable bonds is 15. The van der Waals surface area contributed by atoms with Crippen molar-refractivity contribution in [1.29, 1.82) is 0 Å². The van der Waals surface area contributed by atoms with Gasteiger partial charge in [-0.15, -0.1) is 0 Å². The topological polar surface area (TPSA) is 167 Å². The summed E-state index contributed by atoms with van der Waals surface area (Å²) >= 11 is 0. The number of anilines is 1. The van der Waals surface area contributed by atoms with Crippen molar-refractivity contribution in [2.45, 2.75) is 45.8 Å². The van der Waals surface area contributed by atoms with Gasteiger partial charge in [0.25, 0.3) is 17.7 Å². The van der Waals surface area contributed by atoms with Gasteiger partial charge in [-0.2, -0.15) is 0 Å². The molecule has 14 heteroatoms. The van der Waals surface area contributed by atoms with Crippen LogP contribution in [-0.2, 0) is 25.7 Å². The van der Waals surface area contributed by atoms with Crippen LogP contribution in [0.5, 0.6) is 0 Å². The second-order valence-electron chi connectivity index (χ2n) is 14.2. The van der Waals surface area contributed by atoms with E-state index in [1.165, 1.54) is 23.1 Å². The molecule has 0 saturated heterocycles. The van der Waals surface area contributed by atoms with Gasteiger partial charge in [0, 0.05) is 66.9 Å². The first-order chi connectivity index (χ1) is 26.2. The lowest BCUT2D eigenvalue weighted by Crippen LogP contribution is -2.48. The molecule has 1 aliphatic heterocycles. The lowest BCUT2D eigenvalue weighted by molar-refractivity contribution is -0.140. The number of nitrogens with two attached hydrogens (primary N) is 1. The molecule has 12 nitrogen and oxygen atoms in total. The van der Waals surface area contributed by atoms with Crippen LogP contribution in [0.3, 0.4) is 0 Å². The molecule has 2 unspecified atom stereocenters. The summed E-state index contributed by atoms with van der Waals surface area (Å²) < 4.78 is 31.2. The van der Waals surface area contributed by atoms with Gasteiger partial charge in [-0.05, 0) is 59.9 Å². The number of halogens is 2. The number of aliphatic hydroxyl groups excluding tert-OH is 1. The average Bonchev–Trinajstić information content (AvgIpc) is 3.72. The summed E-state index contributed by atoms with van der Waals surface area (Å²) in [6.07, 6.45) is 4.01. The molecule has 0 saturated carbocycles. The van der Waals surface area contributed by atoms with Gasteiger partial charge in [0.05, 0.1) is 17.8 Å². The fraction of sp³-hybridized carbons (Fsp3) is 0.293. The minimum absolute atomic E-state index is 0.0108. The second-order valence-corrected chi connectivity index (χ2v) is 14.2. The van der Waals surface area contributed by atoms with E-state index in [9.17, 15) is 33.5 Å². The zero-order valence-electron chi connectivity index (χ0n) is 30.8. The van der Waals surface area contributed by atoms with E-state index in [0.29, 0.717) is 17.8 Å². The highest BCUT2D eigenvalue weighted by atomic mass is 19.1. The molecule has 0 spiro atoms. The molecule has 4 aromatic rings. The van der Waals surface area contributed by atoms with Crippen molar-refractivity contribution in [1.82, 2.24) is 20.1 Å². The molecule has 1 aromatic heterocycles. The summed E-state index contributed by atoms with van der Waals surface area (Å²) in [7, 11) is 0. The summed E-state index contributed by atoms with van der Waals surface area (Å²) in [4.78, 5) is 65.7. The van der Waals surface area contributed by atoms with E-state index >= 15 is 4.39 Å². The lowest BCUT2D eigenvalue weighted by Gasteiger charge is -2.41. The van der Waals surface area contributed by atoms with E-state index in [-0.39, 0.29) is 42.9 Å². The zero-order valence-corrected chi connectivity index (χ0v) is 30.8. The molecule has 0 bridgehead atoms. The van der Waals surface area contributed by atoms with Crippen molar-refractivity contribution in [3.05, 3.63) is 126 Å². The van der Waals surface area contributed by atoms with Crippen molar-refractivity contribution >= 4 is 35.2 Å². The number of nitrogens with zero attached hydrogens (tertiary/aromatic N) is 3. The highest BCUT2D eigenvalue weighted by Crippen LogP contribution is 2.41. The number of aromatic nitrogens is 1. The fourth-order valence-electron chi connectivity index (χ4n) is 6.55. The van der Waals surface area contributed by atoms with Crippen molar-refractivity contribution in [2.24, 2.45) is 11.1 Å². The first-order valence-corrected chi connectivity index (χ1v) is 17.8. The first-order valence-electron chi connectivity index (χ1n) is 17.8. The maximum atomic E-state index is 15.0. The Balaban J connectivity index is 1.27. The molecule has 5 N–H and O–H groups in total. The average molecular weight is 755 g/mol. The summed E-state index contributed by atoms with van der Waals surface area (Å²) in [5, 5.41) is 15.4. The number of amides is 5. The number of aliphatic hydroxyl groups is 1. The van der Waals surface area contributed by atoms with Crippen molar-refractivity contribution in [3.63, 3.8) is 0 Å². The number of imide groups is 1. The number of hydrogen-bond acceptors (Lipinski definition) is 7. The van der Waals surface area contributed by atoms with Gasteiger partial charge in [0.2, 0.25) is 11.8 Å². The first kappa shape index (κ1) is 40.2. The Bertz CT molecular complexity index is 2080. The van der Waals surface area contributed by atoms with Crippen LogP contribution in [0, 0.1) is 17.0 Å². The Morgan fingerprint density at radius 1 is 0.891 bits per heavy atom. The van der Waals surface area contributed by atoms with Gasteiger partial charge in [0.1, 0.15) is 18.2 Å². The molecule has 55 heavy (non-hydrogen) atoms. The monoisotopic (exact) mass is 754 g/mol. The smallest absolute Gasteiger partial charge is 0.258 e. The van der Waals surface area contributed by atoms with Crippen molar-refractivity contribution < 1.29 is 37.9 Å². The van der Waals surface area contributed by atoms with E-state index < -0.39 is 65.3 Å². The Morgan fingerprint density at radius 3 is 2.25 bits per heavy atom. The largest absolute Gasteiger partial charge is 0.387 e. The molecule has 0 radical (unpaired) electrons. The molecule has 0 aliphatic carbocycles. The third-order valence-corrected chi connectivity index (χ3v) is 9.14. The van der Waals surface area contributed by atoms with Crippen LogP contribution in [0.1, 0.15) is 54.8 Å². The molecule has 2 heterocycles. The standard InChI is InChI=1S/C41H44F2N6O6/c1-41(2,3)38(34-21-28(31-22-29(42)12-13-32(31)43)24-47(34)23-26-8-5-4-6-9-26)48(37(53)25-50)19-16-33(44)40(55)46-18-17-45-39(54)27-10-7-11-30(20-27)49-35(51)14-15-36(49)52/h4-15,20-22,24,33,38,50H,16-19,23,25,44H2,1-3H3,(H,45,54)(H,46,55). The molecule has 5 rings (SSSR count). The van der Waals surface area contributed by atoms with E-state index in [2.05, 4.69) is 10.6 Å². The van der Waals surface area contributed by atoms with Gasteiger partial charge in [-0.1, -0.05) is 57.2 Å². The highest BCUT2D eigenvalue weighted by Gasteiger charge is 2.37. The van der Waals surface area contributed by atoms with E-state index in [0.717, 1.165) is 40.8 Å². The van der Waals surface area contributed by atoms with Crippen LogP contribution in [0.2, 0.25) is 0 Å². The summed E-state index contributed by atoms with van der Waals surface area (Å²) in [5.74, 6) is -3.87. The van der Waals surface area contributed by atoms with E-state index in [1.54, 1.807) is 18.3 Å². The number of carbonyl (C=O) groups is 5. The van der Waals surface area contributed by atoms with Crippen LogP contribution in [-0.4, -0.2) is 76.4 Å². The van der Waals surface area contributed by atoms with Crippen LogP contribution in [0.25, 0.3) is 11.1 Å². The minimum atomic E-state index is -1.07. The predicted octanol–water partition coefficient (Wildman–Crippen LogP) is 4.08. The number of hydrogen-bond donors (Lipinski definition) is 4. The molecule has 0 fully saturated rings. The minimum Gasteiger partial charge on any atom is -0.387 e. The third-order valence-electron chi connectivity index (χ3n) is 9.14. The van der Waals surface area contributed by atoms with Crippen LogP contribution < -0.4 is 21.3 Å². The van der Waals surface area contributed by atoms with Gasteiger partial charge < -0.3 is 30.9 Å². The SMILES string of the molecule is CC(C)(C)C(c1cc(-c2cc(F)ccc2F)cn1Cc1ccccc1)N(CCC(N)C(=O)NCCNC(=O)c1cccc(N2C(=O)C=CC2=O)c1)C(=O)CO. The fourth-order valence-corrected chi connectivity index (χ4v) is 6.55. The van der Waals surface area contributed by atoms with Crippen molar-refractivity contribution in [3.8, 4) is 11.1 Å². The maximum absolute atomic E-state index is 15.0. The van der Waals surface area contributed by atoms with Crippen LogP contribution >= 0.6 is 0 Å². The van der Waals surface area contributed by atoms with Crippen LogP contribution in [0.15, 0.2) is 97.2 Å². The Hall–Kier alpha value is -5.99. The Labute approximate surface area is 317 Å². The second kappa shape index (κ2) is 17.4. The number of carbonyl (C=O) groups excluding carboxylic acids is 5. The zero-order chi connectivity index (χ0) is 39.9. The van der Waals surface area contributed by atoms with Gasteiger partial charge >= 0.3 is 0 Å².